The molecule has 0 aromatic rings. The molecule has 1 unspecified atom stereocenters. The lowest BCUT2D eigenvalue weighted by atomic mass is 9.83. The summed E-state index contributed by atoms with van der Waals surface area (Å²) in [7, 11) is 0. The molecule has 1 fully saturated rings. The molecule has 1 saturated heterocycles. The summed E-state index contributed by atoms with van der Waals surface area (Å²) in [6.07, 6.45) is -0.0590. The van der Waals surface area contributed by atoms with Crippen molar-refractivity contribution in [2.75, 3.05) is 6.61 Å². The highest BCUT2D eigenvalue weighted by molar-refractivity contribution is 6.19. The van der Waals surface area contributed by atoms with Crippen LogP contribution >= 0.6 is 0 Å². The lowest BCUT2D eigenvalue weighted by molar-refractivity contribution is -0.163. The van der Waals surface area contributed by atoms with Gasteiger partial charge in [-0.25, -0.2) is 0 Å². The Morgan fingerprint density at radius 2 is 2.17 bits per heavy atom. The summed E-state index contributed by atoms with van der Waals surface area (Å²) in [6.45, 7) is 1.09. The number of carbonyl (C=O) groups is 3. The van der Waals surface area contributed by atoms with E-state index in [0.29, 0.717) is 0 Å². The van der Waals surface area contributed by atoms with E-state index in [2.05, 4.69) is 4.74 Å². The maximum Gasteiger partial charge on any atom is 0.331 e. The van der Waals surface area contributed by atoms with Crippen molar-refractivity contribution in [2.45, 2.75) is 13.3 Å². The average molecular weight is 172 g/mol. The molecular weight excluding hydrogens is 164 g/mol. The molecule has 1 rings (SSSR count). The predicted molar refractivity (Wildman–Crippen MR) is 36.3 cm³/mol. The Morgan fingerprint density at radius 3 is 2.33 bits per heavy atom. The van der Waals surface area contributed by atoms with Crippen LogP contribution in [0.1, 0.15) is 13.3 Å². The van der Waals surface area contributed by atoms with E-state index in [-0.39, 0.29) is 13.0 Å². The fourth-order valence-corrected chi connectivity index (χ4v) is 1.19. The number of carboxylic acids is 1. The Morgan fingerprint density at radius 1 is 1.58 bits per heavy atom. The number of ketones is 1. The van der Waals surface area contributed by atoms with Crippen molar-refractivity contribution >= 4 is 17.7 Å². The quantitative estimate of drug-likeness (QED) is 0.452. The number of cyclic esters (lactones) is 1. The van der Waals surface area contributed by atoms with Gasteiger partial charge in [0.25, 0.3) is 0 Å². The summed E-state index contributed by atoms with van der Waals surface area (Å²) in [5.74, 6) is -3.03. The highest BCUT2D eigenvalue weighted by atomic mass is 16.5. The number of hydrogen-bond donors (Lipinski definition) is 1. The van der Waals surface area contributed by atoms with Crippen molar-refractivity contribution in [1.29, 1.82) is 0 Å². The van der Waals surface area contributed by atoms with Crippen molar-refractivity contribution in [1.82, 2.24) is 0 Å². The lowest BCUT2D eigenvalue weighted by Crippen LogP contribution is -2.41. The van der Waals surface area contributed by atoms with Crippen LogP contribution in [0.5, 0.6) is 0 Å². The van der Waals surface area contributed by atoms with Crippen molar-refractivity contribution < 1.29 is 24.2 Å². The second-order valence-electron chi connectivity index (χ2n) is 2.65. The van der Waals surface area contributed by atoms with Crippen LogP contribution in [-0.2, 0) is 19.1 Å². The van der Waals surface area contributed by atoms with Crippen LogP contribution in [0.2, 0.25) is 0 Å². The molecule has 0 radical (unpaired) electrons. The van der Waals surface area contributed by atoms with E-state index in [0.717, 1.165) is 6.92 Å². The number of Topliss-reactive ketones (excluding diaryl/α,β-unsaturated/α-hetero) is 1. The molecule has 0 amide bonds. The Bertz CT molecular complexity index is 241. The van der Waals surface area contributed by atoms with Gasteiger partial charge in [0.1, 0.15) is 0 Å². The molecule has 0 aromatic heterocycles. The minimum absolute atomic E-state index is 0.00468. The molecule has 1 heterocycles. The van der Waals surface area contributed by atoms with Gasteiger partial charge in [0.2, 0.25) is 5.41 Å². The highest BCUT2D eigenvalue weighted by Crippen LogP contribution is 2.31. The summed E-state index contributed by atoms with van der Waals surface area (Å²) < 4.78 is 4.45. The fourth-order valence-electron chi connectivity index (χ4n) is 1.19. The van der Waals surface area contributed by atoms with Gasteiger partial charge >= 0.3 is 11.9 Å². The molecule has 0 bridgehead atoms. The highest BCUT2D eigenvalue weighted by Gasteiger charge is 2.55. The number of ether oxygens (including phenoxy) is 1. The van der Waals surface area contributed by atoms with E-state index in [1.165, 1.54) is 0 Å². The molecule has 0 aromatic carbocycles. The van der Waals surface area contributed by atoms with Crippen LogP contribution in [0, 0.1) is 5.41 Å². The van der Waals surface area contributed by atoms with Crippen LogP contribution in [0.15, 0.2) is 0 Å². The summed E-state index contributed by atoms with van der Waals surface area (Å²) >= 11 is 0. The second-order valence-corrected chi connectivity index (χ2v) is 2.65. The minimum atomic E-state index is -1.93. The Hall–Kier alpha value is -1.39. The molecule has 1 atom stereocenters. The van der Waals surface area contributed by atoms with Crippen molar-refractivity contribution in [2.24, 2.45) is 5.41 Å². The number of hydrogen-bond acceptors (Lipinski definition) is 4. The molecule has 0 saturated carbocycles. The molecule has 0 spiro atoms. The average Bonchev–Trinajstić information content (AvgIpc) is 2.31. The van der Waals surface area contributed by atoms with Gasteiger partial charge < -0.3 is 9.84 Å². The molecule has 66 valence electrons. The van der Waals surface area contributed by atoms with E-state index >= 15 is 0 Å². The molecule has 1 aliphatic rings. The molecule has 1 aliphatic heterocycles. The van der Waals surface area contributed by atoms with E-state index in [1.54, 1.807) is 0 Å². The summed E-state index contributed by atoms with van der Waals surface area (Å²) in [6, 6.07) is 0. The zero-order valence-electron chi connectivity index (χ0n) is 6.49. The van der Waals surface area contributed by atoms with Gasteiger partial charge in [-0.2, -0.15) is 0 Å². The number of esters is 1. The van der Waals surface area contributed by atoms with Gasteiger partial charge in [0.05, 0.1) is 6.61 Å². The van der Waals surface area contributed by atoms with Crippen LogP contribution < -0.4 is 0 Å². The van der Waals surface area contributed by atoms with Gasteiger partial charge in [0.15, 0.2) is 5.78 Å². The first-order chi connectivity index (χ1) is 5.51. The number of carbonyl (C=O) groups excluding carboxylic acids is 2. The molecule has 0 aliphatic carbocycles. The third kappa shape index (κ3) is 0.895. The van der Waals surface area contributed by atoms with Crippen molar-refractivity contribution in [3.63, 3.8) is 0 Å². The molecule has 1 N–H and O–H groups in total. The summed E-state index contributed by atoms with van der Waals surface area (Å²) in [5.41, 5.74) is -1.93. The predicted octanol–water partition coefficient (Wildman–Crippen LogP) is -0.407. The third-order valence-electron chi connectivity index (χ3n) is 2.02. The van der Waals surface area contributed by atoms with Gasteiger partial charge in [-0.3, -0.25) is 14.4 Å². The van der Waals surface area contributed by atoms with Gasteiger partial charge in [-0.05, 0) is 6.92 Å². The number of aliphatic carboxylic acids is 1. The van der Waals surface area contributed by atoms with Crippen LogP contribution in [0.25, 0.3) is 0 Å². The SMILES string of the molecule is CC(=O)C1(C(=O)O)CCOC1=O. The lowest BCUT2D eigenvalue weighted by Gasteiger charge is -2.14. The van der Waals surface area contributed by atoms with Crippen LogP contribution in [0.4, 0.5) is 0 Å². The topological polar surface area (TPSA) is 80.7 Å². The smallest absolute Gasteiger partial charge is 0.331 e. The van der Waals surface area contributed by atoms with Crippen molar-refractivity contribution in [3.05, 3.63) is 0 Å². The van der Waals surface area contributed by atoms with E-state index in [9.17, 15) is 14.4 Å². The Balaban J connectivity index is 3.10. The van der Waals surface area contributed by atoms with Crippen LogP contribution in [0.3, 0.4) is 0 Å². The Labute approximate surface area is 68.3 Å². The first kappa shape index (κ1) is 8.70. The zero-order valence-corrected chi connectivity index (χ0v) is 6.49. The van der Waals surface area contributed by atoms with E-state index in [4.69, 9.17) is 5.11 Å². The minimum Gasteiger partial charge on any atom is -0.480 e. The first-order valence-corrected chi connectivity index (χ1v) is 3.43. The number of carboxylic acid groups (broad SMARTS) is 1. The van der Waals surface area contributed by atoms with E-state index < -0.39 is 23.1 Å². The standard InChI is InChI=1S/C7H8O5/c1-4(8)7(5(9)10)2-3-12-6(7)11/h2-3H2,1H3,(H,9,10). The van der Waals surface area contributed by atoms with Crippen molar-refractivity contribution in [3.8, 4) is 0 Å². The molecular formula is C7H8O5. The van der Waals surface area contributed by atoms with E-state index in [1.807, 2.05) is 0 Å². The number of rotatable bonds is 2. The first-order valence-electron chi connectivity index (χ1n) is 3.43. The second kappa shape index (κ2) is 2.58. The molecule has 12 heavy (non-hydrogen) atoms. The van der Waals surface area contributed by atoms with Gasteiger partial charge in [-0.15, -0.1) is 0 Å². The largest absolute Gasteiger partial charge is 0.480 e. The maximum atomic E-state index is 11.0. The maximum absolute atomic E-state index is 11.0. The Kier molecular flexibility index (Phi) is 1.87. The zero-order chi connectivity index (χ0) is 9.35. The normalized spacial score (nSPS) is 28.2. The fraction of sp³-hybridized carbons (Fsp3) is 0.571. The molecule has 5 heteroatoms. The summed E-state index contributed by atoms with van der Waals surface area (Å²) in [5, 5.41) is 8.68. The monoisotopic (exact) mass is 172 g/mol. The van der Waals surface area contributed by atoms with Gasteiger partial charge in [0, 0.05) is 6.42 Å². The summed E-state index contributed by atoms with van der Waals surface area (Å²) in [4.78, 5) is 32.5. The van der Waals surface area contributed by atoms with Gasteiger partial charge in [-0.1, -0.05) is 0 Å². The molecule has 5 nitrogen and oxygen atoms in total. The third-order valence-corrected chi connectivity index (χ3v) is 2.02. The van der Waals surface area contributed by atoms with Crippen LogP contribution in [-0.4, -0.2) is 29.4 Å².